The smallest absolute Gasteiger partial charge is 0.255 e. The zero-order valence-corrected chi connectivity index (χ0v) is 23.2. The highest BCUT2D eigenvalue weighted by atomic mass is 16.5. The molecule has 0 spiro atoms. The molecule has 6 nitrogen and oxygen atoms in total. The Morgan fingerprint density at radius 1 is 1.07 bits per heavy atom. The Balaban J connectivity index is 1.45. The fourth-order valence-electron chi connectivity index (χ4n) is 5.67. The Labute approximate surface area is 236 Å². The number of allylic oxidation sites excluding steroid dienone is 3. The third-order valence-electron chi connectivity index (χ3n) is 7.74. The predicted octanol–water partition coefficient (Wildman–Crippen LogP) is 6.17. The first-order valence-electron chi connectivity index (χ1n) is 14.5. The molecule has 1 amide bonds. The van der Waals surface area contributed by atoms with E-state index in [0.717, 1.165) is 72.5 Å². The van der Waals surface area contributed by atoms with Gasteiger partial charge in [0.2, 0.25) is 0 Å². The summed E-state index contributed by atoms with van der Waals surface area (Å²) in [4.78, 5) is 29.0. The summed E-state index contributed by atoms with van der Waals surface area (Å²) in [7, 11) is 0. The molecular formula is C34H38N2O4. The fraction of sp³-hybridized carbons (Fsp3) is 0.353. The molecule has 2 aliphatic rings. The largest absolute Gasteiger partial charge is 0.494 e. The molecular weight excluding hydrogens is 500 g/mol. The van der Waals surface area contributed by atoms with Crippen LogP contribution >= 0.6 is 0 Å². The SMILES string of the molecule is CCOc1ccc(C2=C(c3ccc[nH]c3=O)C=CCc3ccc(C(=O)NCCCC4CCCOCC4)cc32)cc1. The first kappa shape index (κ1) is 27.7. The van der Waals surface area contributed by atoms with Crippen LogP contribution in [-0.2, 0) is 11.2 Å². The summed E-state index contributed by atoms with van der Waals surface area (Å²) >= 11 is 0. The van der Waals surface area contributed by atoms with E-state index in [1.807, 2.05) is 67.6 Å². The molecule has 0 saturated carbocycles. The molecule has 1 unspecified atom stereocenters. The van der Waals surface area contributed by atoms with Crippen LogP contribution in [-0.4, -0.2) is 37.3 Å². The van der Waals surface area contributed by atoms with E-state index in [1.54, 1.807) is 6.20 Å². The van der Waals surface area contributed by atoms with Gasteiger partial charge in [0.1, 0.15) is 5.75 Å². The van der Waals surface area contributed by atoms with Crippen LogP contribution in [0.2, 0.25) is 0 Å². The molecule has 2 aromatic carbocycles. The van der Waals surface area contributed by atoms with Crippen LogP contribution in [0, 0.1) is 5.92 Å². The number of pyridine rings is 1. The van der Waals surface area contributed by atoms with Gasteiger partial charge < -0.3 is 19.8 Å². The van der Waals surface area contributed by atoms with Crippen molar-refractivity contribution in [3.8, 4) is 5.75 Å². The summed E-state index contributed by atoms with van der Waals surface area (Å²) in [6, 6.07) is 17.5. The molecule has 5 rings (SSSR count). The number of rotatable bonds is 9. The number of aromatic amines is 1. The molecule has 1 fully saturated rings. The normalized spacial score (nSPS) is 17.1. The standard InChI is InChI=1S/C34H38N2O4/c1-2-40-28-16-14-26(15-17-28)32-29(30-11-5-20-36-34(30)38)10-3-9-25-12-13-27(23-31(25)32)33(37)35-19-4-7-24-8-6-21-39-22-18-24/h3,5,10-17,20,23-24H,2,4,6-9,18-19,21-22H2,1H3,(H,35,37)(H,36,38). The van der Waals surface area contributed by atoms with Crippen LogP contribution in [0.1, 0.15) is 71.6 Å². The Kier molecular flexibility index (Phi) is 9.30. The highest BCUT2D eigenvalue weighted by Gasteiger charge is 2.21. The van der Waals surface area contributed by atoms with Crippen molar-refractivity contribution in [1.82, 2.24) is 10.3 Å². The molecule has 2 heterocycles. The van der Waals surface area contributed by atoms with Crippen molar-refractivity contribution in [2.24, 2.45) is 5.92 Å². The van der Waals surface area contributed by atoms with Gasteiger partial charge >= 0.3 is 0 Å². The lowest BCUT2D eigenvalue weighted by molar-refractivity contribution is 0.0952. The topological polar surface area (TPSA) is 80.4 Å². The van der Waals surface area contributed by atoms with Crippen molar-refractivity contribution in [2.45, 2.75) is 45.4 Å². The van der Waals surface area contributed by atoms with Crippen LogP contribution in [0.4, 0.5) is 0 Å². The van der Waals surface area contributed by atoms with Gasteiger partial charge in [0.15, 0.2) is 0 Å². The number of hydrogen-bond acceptors (Lipinski definition) is 4. The Hall–Kier alpha value is -3.90. The number of carbonyl (C=O) groups excluding carboxylic acids is 1. The van der Waals surface area contributed by atoms with Crippen LogP contribution in [0.3, 0.4) is 0 Å². The van der Waals surface area contributed by atoms with Crippen molar-refractivity contribution in [2.75, 3.05) is 26.4 Å². The molecule has 0 radical (unpaired) electrons. The third-order valence-corrected chi connectivity index (χ3v) is 7.74. The van der Waals surface area contributed by atoms with E-state index >= 15 is 0 Å². The molecule has 0 bridgehead atoms. The minimum Gasteiger partial charge on any atom is -0.494 e. The molecule has 208 valence electrons. The second kappa shape index (κ2) is 13.4. The highest BCUT2D eigenvalue weighted by molar-refractivity contribution is 6.05. The second-order valence-corrected chi connectivity index (χ2v) is 10.4. The monoisotopic (exact) mass is 538 g/mol. The molecule has 2 N–H and O–H groups in total. The maximum absolute atomic E-state index is 13.3. The van der Waals surface area contributed by atoms with E-state index in [2.05, 4.69) is 16.4 Å². The number of ether oxygens (including phenoxy) is 2. The summed E-state index contributed by atoms with van der Waals surface area (Å²) in [6.45, 7) is 4.92. The average Bonchev–Trinajstić information content (AvgIpc) is 3.35. The Morgan fingerprint density at radius 2 is 1.95 bits per heavy atom. The van der Waals surface area contributed by atoms with E-state index in [0.29, 0.717) is 36.6 Å². The van der Waals surface area contributed by atoms with Gasteiger partial charge in [-0.15, -0.1) is 0 Å². The number of H-pyrrole nitrogens is 1. The number of nitrogens with one attached hydrogen (secondary N) is 2. The highest BCUT2D eigenvalue weighted by Crippen LogP contribution is 2.37. The summed E-state index contributed by atoms with van der Waals surface area (Å²) in [6.07, 6.45) is 12.0. The molecule has 1 aliphatic carbocycles. The predicted molar refractivity (Wildman–Crippen MR) is 160 cm³/mol. The maximum Gasteiger partial charge on any atom is 0.255 e. The van der Waals surface area contributed by atoms with Gasteiger partial charge in [-0.05, 0) is 116 Å². The molecule has 1 saturated heterocycles. The molecule has 3 aromatic rings. The Morgan fingerprint density at radius 3 is 2.77 bits per heavy atom. The van der Waals surface area contributed by atoms with Gasteiger partial charge in [-0.25, -0.2) is 0 Å². The summed E-state index contributed by atoms with van der Waals surface area (Å²) < 4.78 is 11.2. The number of fused-ring (bicyclic) bond motifs is 1. The van der Waals surface area contributed by atoms with Crippen molar-refractivity contribution in [3.63, 3.8) is 0 Å². The maximum atomic E-state index is 13.3. The third kappa shape index (κ3) is 6.62. The Bertz CT molecular complexity index is 1430. The van der Waals surface area contributed by atoms with Crippen LogP contribution < -0.4 is 15.6 Å². The van der Waals surface area contributed by atoms with Crippen molar-refractivity contribution in [3.05, 3.63) is 111 Å². The van der Waals surface area contributed by atoms with Gasteiger partial charge in [-0.3, -0.25) is 9.59 Å². The lowest BCUT2D eigenvalue weighted by Gasteiger charge is -2.17. The first-order chi connectivity index (χ1) is 19.6. The molecule has 6 heteroatoms. The number of hydrogen-bond donors (Lipinski definition) is 2. The van der Waals surface area contributed by atoms with Crippen molar-refractivity contribution < 1.29 is 14.3 Å². The van der Waals surface area contributed by atoms with E-state index in [9.17, 15) is 9.59 Å². The quantitative estimate of drug-likeness (QED) is 0.319. The van der Waals surface area contributed by atoms with Gasteiger partial charge in [0.25, 0.3) is 11.5 Å². The molecule has 40 heavy (non-hydrogen) atoms. The second-order valence-electron chi connectivity index (χ2n) is 10.4. The number of aromatic nitrogens is 1. The molecule has 1 aliphatic heterocycles. The zero-order valence-electron chi connectivity index (χ0n) is 23.2. The molecule has 1 aromatic heterocycles. The lowest BCUT2D eigenvalue weighted by atomic mass is 9.87. The summed E-state index contributed by atoms with van der Waals surface area (Å²) in [5, 5.41) is 3.13. The fourth-order valence-corrected chi connectivity index (χ4v) is 5.67. The van der Waals surface area contributed by atoms with Crippen LogP contribution in [0.25, 0.3) is 11.1 Å². The zero-order chi connectivity index (χ0) is 27.7. The van der Waals surface area contributed by atoms with E-state index in [-0.39, 0.29) is 11.5 Å². The number of carbonyl (C=O) groups is 1. The van der Waals surface area contributed by atoms with Gasteiger partial charge in [-0.2, -0.15) is 0 Å². The minimum atomic E-state index is -0.150. The summed E-state index contributed by atoms with van der Waals surface area (Å²) in [5.41, 5.74) is 5.83. The average molecular weight is 539 g/mol. The number of amides is 1. The molecule has 1 atom stereocenters. The van der Waals surface area contributed by atoms with Crippen molar-refractivity contribution >= 4 is 17.1 Å². The van der Waals surface area contributed by atoms with Crippen molar-refractivity contribution in [1.29, 1.82) is 0 Å². The van der Waals surface area contributed by atoms with Gasteiger partial charge in [-0.1, -0.05) is 30.4 Å². The van der Waals surface area contributed by atoms with E-state index in [1.165, 1.54) is 6.42 Å². The van der Waals surface area contributed by atoms with Gasteiger partial charge in [0.05, 0.1) is 6.61 Å². The summed E-state index contributed by atoms with van der Waals surface area (Å²) in [5.74, 6) is 1.40. The number of benzene rings is 2. The van der Waals surface area contributed by atoms with E-state index in [4.69, 9.17) is 9.47 Å². The van der Waals surface area contributed by atoms with Crippen LogP contribution in [0.5, 0.6) is 5.75 Å². The lowest BCUT2D eigenvalue weighted by Crippen LogP contribution is -2.25. The first-order valence-corrected chi connectivity index (χ1v) is 14.5. The minimum absolute atomic E-state index is 0.0747. The van der Waals surface area contributed by atoms with Gasteiger partial charge in [0, 0.05) is 37.1 Å². The van der Waals surface area contributed by atoms with Crippen LogP contribution in [0.15, 0.2) is 77.7 Å². The van der Waals surface area contributed by atoms with E-state index < -0.39 is 0 Å².